The summed E-state index contributed by atoms with van der Waals surface area (Å²) < 4.78 is 47.8. The Morgan fingerprint density at radius 3 is 2.30 bits per heavy atom. The summed E-state index contributed by atoms with van der Waals surface area (Å²) in [6.45, 7) is 5.76. The molecule has 0 atom stereocenters. The molecule has 0 bridgehead atoms. The molecule has 0 aliphatic carbocycles. The maximum Gasteiger partial charge on any atom is 0.389 e. The van der Waals surface area contributed by atoms with Gasteiger partial charge >= 0.3 is 6.18 Å². The minimum atomic E-state index is -4.43. The van der Waals surface area contributed by atoms with Gasteiger partial charge in [0.2, 0.25) is 0 Å². The third-order valence-electron chi connectivity index (χ3n) is 3.40. The predicted molar refractivity (Wildman–Crippen MR) is 73.8 cm³/mol. The summed E-state index contributed by atoms with van der Waals surface area (Å²) in [6, 6.07) is 4.88. The van der Waals surface area contributed by atoms with Crippen molar-refractivity contribution in [2.45, 2.75) is 51.8 Å². The van der Waals surface area contributed by atoms with Gasteiger partial charge in [0, 0.05) is 25.5 Å². The van der Waals surface area contributed by atoms with Crippen molar-refractivity contribution in [3.63, 3.8) is 0 Å². The zero-order valence-electron chi connectivity index (χ0n) is 13.2. The van der Waals surface area contributed by atoms with Gasteiger partial charge in [-0.2, -0.15) is 23.7 Å². The number of nitrogens with zero attached hydrogens (tertiary/aromatic N) is 3. The highest BCUT2D eigenvalue weighted by Gasteiger charge is 2.38. The molecule has 1 aromatic rings. The van der Waals surface area contributed by atoms with E-state index in [2.05, 4.69) is 5.16 Å². The van der Waals surface area contributed by atoms with Crippen LogP contribution in [0.25, 0.3) is 0 Å². The Bertz CT molecular complexity index is 595. The van der Waals surface area contributed by atoms with Crippen molar-refractivity contribution < 1.29 is 22.4 Å². The van der Waals surface area contributed by atoms with Gasteiger partial charge in [-0.1, -0.05) is 5.16 Å². The lowest BCUT2D eigenvalue weighted by Gasteiger charge is -2.20. The van der Waals surface area contributed by atoms with E-state index >= 15 is 0 Å². The zero-order chi connectivity index (χ0) is 17.7. The highest BCUT2D eigenvalue weighted by Crippen LogP contribution is 2.34. The zero-order valence-corrected chi connectivity index (χ0v) is 13.2. The Morgan fingerprint density at radius 2 is 1.83 bits per heavy atom. The largest absolute Gasteiger partial charge is 0.389 e. The molecule has 0 radical (unpaired) electrons. The lowest BCUT2D eigenvalue weighted by atomic mass is 9.81. The molecule has 5 nitrogen and oxygen atoms in total. The van der Waals surface area contributed by atoms with E-state index in [0.29, 0.717) is 12.4 Å². The van der Waals surface area contributed by atoms with Crippen molar-refractivity contribution in [1.82, 2.24) is 5.16 Å². The van der Waals surface area contributed by atoms with Crippen LogP contribution in [-0.4, -0.2) is 17.9 Å². The minimum absolute atomic E-state index is 0.234. The fraction of sp³-hybridized carbons (Fsp3) is 0.667. The van der Waals surface area contributed by atoms with Gasteiger partial charge in [-0.3, -0.25) is 0 Å². The molecule has 23 heavy (non-hydrogen) atoms. The SMILES string of the molecule is CCOC(C)(C)c1cc(CC(C#N)(C#N)CCC(F)(F)F)no1. The summed E-state index contributed by atoms with van der Waals surface area (Å²) in [5.74, 6) is 0.384. The molecule has 0 unspecified atom stereocenters. The fourth-order valence-corrected chi connectivity index (χ4v) is 2.08. The Morgan fingerprint density at radius 1 is 1.22 bits per heavy atom. The molecule has 1 aromatic heterocycles. The minimum Gasteiger partial charge on any atom is -0.368 e. The van der Waals surface area contributed by atoms with Crippen LogP contribution in [-0.2, 0) is 16.8 Å². The third-order valence-corrected chi connectivity index (χ3v) is 3.40. The van der Waals surface area contributed by atoms with Gasteiger partial charge in [0.25, 0.3) is 0 Å². The number of hydrogen-bond acceptors (Lipinski definition) is 5. The summed E-state index contributed by atoms with van der Waals surface area (Å²) in [4.78, 5) is 0. The Hall–Kier alpha value is -2.06. The van der Waals surface area contributed by atoms with Crippen molar-refractivity contribution in [3.05, 3.63) is 17.5 Å². The lowest BCUT2D eigenvalue weighted by molar-refractivity contribution is -0.138. The van der Waals surface area contributed by atoms with Crippen LogP contribution in [0.3, 0.4) is 0 Å². The lowest BCUT2D eigenvalue weighted by Crippen LogP contribution is -2.23. The molecule has 0 aliphatic heterocycles. The average molecular weight is 329 g/mol. The number of ether oxygens (including phenoxy) is 1. The molecule has 0 N–H and O–H groups in total. The first-order valence-corrected chi connectivity index (χ1v) is 7.07. The third kappa shape index (κ3) is 5.26. The highest BCUT2D eigenvalue weighted by atomic mass is 19.4. The molecule has 0 amide bonds. The molecule has 126 valence electrons. The molecule has 0 aliphatic rings. The van der Waals surface area contributed by atoms with Crippen LogP contribution < -0.4 is 0 Å². The molecule has 0 saturated heterocycles. The first-order chi connectivity index (χ1) is 10.6. The number of rotatable bonds is 7. The van der Waals surface area contributed by atoms with Crippen LogP contribution in [0.4, 0.5) is 13.2 Å². The van der Waals surface area contributed by atoms with Crippen LogP contribution in [0.15, 0.2) is 10.6 Å². The van der Waals surface area contributed by atoms with Crippen molar-refractivity contribution in [2.75, 3.05) is 6.61 Å². The van der Waals surface area contributed by atoms with E-state index in [4.69, 9.17) is 19.8 Å². The van der Waals surface area contributed by atoms with Gasteiger partial charge in [0.05, 0.1) is 17.8 Å². The molecular weight excluding hydrogens is 311 g/mol. The van der Waals surface area contributed by atoms with Crippen LogP contribution in [0.5, 0.6) is 0 Å². The van der Waals surface area contributed by atoms with Gasteiger partial charge in [-0.05, 0) is 27.2 Å². The van der Waals surface area contributed by atoms with Crippen molar-refractivity contribution >= 4 is 0 Å². The van der Waals surface area contributed by atoms with E-state index in [1.54, 1.807) is 26.0 Å². The molecule has 0 spiro atoms. The van der Waals surface area contributed by atoms with E-state index in [-0.39, 0.29) is 12.1 Å². The van der Waals surface area contributed by atoms with E-state index in [1.165, 1.54) is 6.07 Å². The number of halogens is 3. The molecule has 1 heterocycles. The number of nitriles is 2. The first-order valence-electron chi connectivity index (χ1n) is 7.07. The van der Waals surface area contributed by atoms with Gasteiger partial charge in [-0.25, -0.2) is 0 Å². The van der Waals surface area contributed by atoms with Crippen LogP contribution >= 0.6 is 0 Å². The maximum absolute atomic E-state index is 12.4. The Balaban J connectivity index is 2.93. The topological polar surface area (TPSA) is 82.8 Å². The number of hydrogen-bond donors (Lipinski definition) is 0. The van der Waals surface area contributed by atoms with E-state index < -0.39 is 30.0 Å². The molecular formula is C15H18F3N3O2. The summed E-state index contributed by atoms with van der Waals surface area (Å²) in [5, 5.41) is 22.1. The molecule has 0 aromatic carbocycles. The van der Waals surface area contributed by atoms with E-state index in [1.807, 2.05) is 6.92 Å². The fourth-order valence-electron chi connectivity index (χ4n) is 2.08. The second kappa shape index (κ2) is 7.01. The van der Waals surface area contributed by atoms with Gasteiger partial charge in [0.1, 0.15) is 11.0 Å². The average Bonchev–Trinajstić information content (AvgIpc) is 2.92. The van der Waals surface area contributed by atoms with E-state index in [0.717, 1.165) is 0 Å². The predicted octanol–water partition coefficient (Wildman–Crippen LogP) is 3.86. The number of alkyl halides is 3. The number of aromatic nitrogens is 1. The van der Waals surface area contributed by atoms with Crippen LogP contribution in [0.1, 0.15) is 45.1 Å². The molecule has 8 heteroatoms. The molecule has 1 rings (SSSR count). The second-order valence-electron chi connectivity index (χ2n) is 5.72. The standard InChI is InChI=1S/C15H18F3N3O2/c1-4-22-13(2,3)12-7-11(21-23-12)8-14(9-19,10-20)5-6-15(16,17)18/h7H,4-6,8H2,1-3H3. The smallest absolute Gasteiger partial charge is 0.368 e. The van der Waals surface area contributed by atoms with Crippen LogP contribution in [0.2, 0.25) is 0 Å². The monoisotopic (exact) mass is 329 g/mol. The maximum atomic E-state index is 12.4. The first kappa shape index (κ1) is 19.0. The van der Waals surface area contributed by atoms with Crippen LogP contribution in [0, 0.1) is 28.1 Å². The summed E-state index contributed by atoms with van der Waals surface area (Å²) in [6.07, 6.45) is -6.48. The van der Waals surface area contributed by atoms with Crippen molar-refractivity contribution in [2.24, 2.45) is 5.41 Å². The second-order valence-corrected chi connectivity index (χ2v) is 5.72. The van der Waals surface area contributed by atoms with Crippen molar-refractivity contribution in [1.29, 1.82) is 10.5 Å². The summed E-state index contributed by atoms with van der Waals surface area (Å²) in [5.41, 5.74) is -2.30. The quantitative estimate of drug-likeness (QED) is 0.758. The summed E-state index contributed by atoms with van der Waals surface area (Å²) in [7, 11) is 0. The van der Waals surface area contributed by atoms with Crippen molar-refractivity contribution in [3.8, 4) is 12.1 Å². The normalized spacial score (nSPS) is 12.7. The van der Waals surface area contributed by atoms with Gasteiger partial charge in [-0.15, -0.1) is 0 Å². The highest BCUT2D eigenvalue weighted by molar-refractivity contribution is 5.21. The summed E-state index contributed by atoms with van der Waals surface area (Å²) >= 11 is 0. The Labute approximate surface area is 132 Å². The van der Waals surface area contributed by atoms with Gasteiger partial charge in [0.15, 0.2) is 5.76 Å². The molecule has 0 fully saturated rings. The molecule has 0 saturated carbocycles. The van der Waals surface area contributed by atoms with E-state index in [9.17, 15) is 13.2 Å². The Kier molecular flexibility index (Phi) is 5.79. The van der Waals surface area contributed by atoms with Gasteiger partial charge < -0.3 is 9.26 Å².